The van der Waals surface area contributed by atoms with E-state index in [4.69, 9.17) is 0 Å². The third-order valence-corrected chi connectivity index (χ3v) is 5.80. The molecule has 2 heterocycles. The summed E-state index contributed by atoms with van der Waals surface area (Å²) in [4.78, 5) is 21.0. The van der Waals surface area contributed by atoms with Gasteiger partial charge in [0.05, 0.1) is 29.8 Å². The van der Waals surface area contributed by atoms with Crippen molar-refractivity contribution in [1.29, 1.82) is 0 Å². The molecule has 0 unspecified atom stereocenters. The van der Waals surface area contributed by atoms with Crippen LogP contribution >= 0.6 is 0 Å². The summed E-state index contributed by atoms with van der Waals surface area (Å²) in [7, 11) is 0. The predicted octanol–water partition coefficient (Wildman–Crippen LogP) is 2.65. The predicted molar refractivity (Wildman–Crippen MR) is 111 cm³/mol. The second-order valence-corrected chi connectivity index (χ2v) is 8.27. The lowest BCUT2D eigenvalue weighted by molar-refractivity contribution is -0.140. The number of hydrogen-bond donors (Lipinski definition) is 3. The first kappa shape index (κ1) is 23.8. The summed E-state index contributed by atoms with van der Waals surface area (Å²) in [5.41, 5.74) is -1.14. The fraction of sp³-hybridized carbons (Fsp3) is 0.364. The molecule has 1 fully saturated rings. The summed E-state index contributed by atoms with van der Waals surface area (Å²) in [6, 6.07) is 3.52. The maximum absolute atomic E-state index is 13.5. The Balaban J connectivity index is 1.53. The highest BCUT2D eigenvalue weighted by Crippen LogP contribution is 2.32. The number of alkyl halides is 3. The number of rotatable bonds is 6. The van der Waals surface area contributed by atoms with Gasteiger partial charge < -0.3 is 15.5 Å². The molecular weight excluding hydrogens is 458 g/mol. The van der Waals surface area contributed by atoms with Crippen LogP contribution in [0.1, 0.15) is 40.5 Å². The van der Waals surface area contributed by atoms with E-state index in [1.165, 1.54) is 35.5 Å². The van der Waals surface area contributed by atoms with E-state index in [0.717, 1.165) is 6.07 Å². The zero-order valence-corrected chi connectivity index (χ0v) is 17.9. The summed E-state index contributed by atoms with van der Waals surface area (Å²) in [6.07, 6.45) is -2.38. The molecule has 180 valence electrons. The average Bonchev–Trinajstić information content (AvgIpc) is 3.35. The summed E-state index contributed by atoms with van der Waals surface area (Å²) < 4.78 is 53.7. The van der Waals surface area contributed by atoms with Crippen LogP contribution in [0.4, 0.5) is 23.4 Å². The van der Waals surface area contributed by atoms with Gasteiger partial charge in [0.25, 0.3) is 0 Å². The third kappa shape index (κ3) is 4.77. The van der Waals surface area contributed by atoms with Crippen LogP contribution in [0.2, 0.25) is 0 Å². The molecule has 0 saturated heterocycles. The number of benzene rings is 1. The molecule has 2 aromatic heterocycles. The molecule has 34 heavy (non-hydrogen) atoms. The minimum atomic E-state index is -4.83. The van der Waals surface area contributed by atoms with Crippen molar-refractivity contribution < 1.29 is 32.6 Å². The number of anilines is 1. The smallest absolute Gasteiger partial charge is 0.390 e. The number of ketones is 1. The summed E-state index contributed by atoms with van der Waals surface area (Å²) in [6.45, 7) is 1.68. The first-order valence-corrected chi connectivity index (χ1v) is 10.4. The van der Waals surface area contributed by atoms with Crippen LogP contribution in [0.3, 0.4) is 0 Å². The molecule has 4 rings (SSSR count). The average molecular weight is 479 g/mol. The molecule has 8 nitrogen and oxygen atoms in total. The van der Waals surface area contributed by atoms with Gasteiger partial charge >= 0.3 is 6.18 Å². The normalized spacial score (nSPS) is 22.7. The van der Waals surface area contributed by atoms with E-state index < -0.39 is 41.6 Å². The van der Waals surface area contributed by atoms with E-state index >= 15 is 0 Å². The lowest BCUT2D eigenvalue weighted by Crippen LogP contribution is -2.35. The monoisotopic (exact) mass is 479 g/mol. The second kappa shape index (κ2) is 9.11. The van der Waals surface area contributed by atoms with Crippen LogP contribution in [0.5, 0.6) is 0 Å². The van der Waals surface area contributed by atoms with Crippen LogP contribution in [-0.4, -0.2) is 54.0 Å². The molecule has 1 aliphatic rings. The van der Waals surface area contributed by atoms with Crippen molar-refractivity contribution in [3.63, 3.8) is 0 Å². The number of aromatic nitrogens is 4. The highest BCUT2D eigenvalue weighted by atomic mass is 19.4. The van der Waals surface area contributed by atoms with Crippen molar-refractivity contribution in [2.75, 3.05) is 5.32 Å². The van der Waals surface area contributed by atoms with Crippen molar-refractivity contribution in [2.24, 2.45) is 5.92 Å². The Morgan fingerprint density at radius 2 is 2.00 bits per heavy atom. The molecule has 0 radical (unpaired) electrons. The molecule has 4 atom stereocenters. The van der Waals surface area contributed by atoms with Gasteiger partial charge in [-0.3, -0.25) is 9.48 Å². The van der Waals surface area contributed by atoms with Crippen LogP contribution in [0, 0.1) is 11.7 Å². The molecule has 3 aromatic rings. The number of aliphatic hydroxyl groups excluding tert-OH is 2. The van der Waals surface area contributed by atoms with E-state index in [-0.39, 0.29) is 35.1 Å². The Morgan fingerprint density at radius 1 is 1.24 bits per heavy atom. The van der Waals surface area contributed by atoms with Crippen molar-refractivity contribution in [2.45, 2.75) is 44.3 Å². The number of carbonyl (C=O) groups is 1. The van der Waals surface area contributed by atoms with E-state index in [1.54, 1.807) is 6.92 Å². The van der Waals surface area contributed by atoms with Crippen molar-refractivity contribution in [3.8, 4) is 0 Å². The molecule has 0 bridgehead atoms. The second-order valence-electron chi connectivity index (χ2n) is 8.27. The minimum absolute atomic E-state index is 0.00335. The lowest BCUT2D eigenvalue weighted by atomic mass is 10.1. The Labute approximate surface area is 191 Å². The SMILES string of the molecule is C[C@@H]1C[C@@H](Nc2ncncc2C(=O)c2ccn(Cc3ccc(F)c(C(F)(F)F)c3)n2)[C@H](O)[C@@H]1O. The van der Waals surface area contributed by atoms with Crippen molar-refractivity contribution in [1.82, 2.24) is 19.7 Å². The number of hydrogen-bond acceptors (Lipinski definition) is 7. The van der Waals surface area contributed by atoms with Crippen LogP contribution in [0.25, 0.3) is 0 Å². The number of carbonyl (C=O) groups excluding carboxylic acids is 1. The Morgan fingerprint density at radius 3 is 2.68 bits per heavy atom. The molecule has 1 saturated carbocycles. The molecule has 3 N–H and O–H groups in total. The highest BCUT2D eigenvalue weighted by Gasteiger charge is 2.39. The molecular formula is C22H21F4N5O3. The van der Waals surface area contributed by atoms with Gasteiger partial charge in [-0.1, -0.05) is 13.0 Å². The summed E-state index contributed by atoms with van der Waals surface area (Å²) >= 11 is 0. The molecule has 0 aliphatic heterocycles. The van der Waals surface area contributed by atoms with Gasteiger partial charge in [-0.15, -0.1) is 0 Å². The van der Waals surface area contributed by atoms with E-state index in [0.29, 0.717) is 12.5 Å². The van der Waals surface area contributed by atoms with Gasteiger partial charge in [0.1, 0.15) is 29.8 Å². The topological polar surface area (TPSA) is 113 Å². The highest BCUT2D eigenvalue weighted by molar-refractivity contribution is 6.10. The zero-order chi connectivity index (χ0) is 24.6. The summed E-state index contributed by atoms with van der Waals surface area (Å²) in [5, 5.41) is 27.3. The van der Waals surface area contributed by atoms with Crippen LogP contribution < -0.4 is 5.32 Å². The fourth-order valence-corrected chi connectivity index (χ4v) is 3.97. The van der Waals surface area contributed by atoms with E-state index in [1.807, 2.05) is 0 Å². The first-order chi connectivity index (χ1) is 16.0. The fourth-order valence-electron chi connectivity index (χ4n) is 3.97. The van der Waals surface area contributed by atoms with Gasteiger partial charge in [-0.25, -0.2) is 14.4 Å². The Bertz CT molecular complexity index is 1200. The van der Waals surface area contributed by atoms with E-state index in [2.05, 4.69) is 20.4 Å². The zero-order valence-electron chi connectivity index (χ0n) is 17.9. The van der Waals surface area contributed by atoms with Gasteiger partial charge in [0.2, 0.25) is 5.78 Å². The number of halogens is 4. The molecule has 0 amide bonds. The summed E-state index contributed by atoms with van der Waals surface area (Å²) in [5.74, 6) is -1.90. The van der Waals surface area contributed by atoms with Crippen molar-refractivity contribution in [3.05, 3.63) is 71.2 Å². The van der Waals surface area contributed by atoms with Gasteiger partial charge in [-0.2, -0.15) is 18.3 Å². The quantitative estimate of drug-likeness (QED) is 0.368. The Kier molecular flexibility index (Phi) is 6.36. The maximum atomic E-state index is 13.5. The Hall–Kier alpha value is -3.38. The maximum Gasteiger partial charge on any atom is 0.419 e. The lowest BCUT2D eigenvalue weighted by Gasteiger charge is -2.19. The van der Waals surface area contributed by atoms with Crippen molar-refractivity contribution >= 4 is 11.6 Å². The molecule has 1 aromatic carbocycles. The van der Waals surface area contributed by atoms with E-state index in [9.17, 15) is 32.6 Å². The molecule has 1 aliphatic carbocycles. The standard InChI is InChI=1S/C22H21F4N5O3/c1-11-6-17(20(34)18(11)32)29-21-13(8-27-10-28-21)19(33)16-4-5-31(30-16)9-12-2-3-15(23)14(7-12)22(24,25)26/h2-5,7-8,10-11,17-18,20,32,34H,6,9H2,1H3,(H,27,28,29)/t11-,17-,18-,20+/m1/s1. The minimum Gasteiger partial charge on any atom is -0.390 e. The van der Waals surface area contributed by atoms with Crippen LogP contribution in [0.15, 0.2) is 43.0 Å². The van der Waals surface area contributed by atoms with Gasteiger partial charge in [0.15, 0.2) is 0 Å². The van der Waals surface area contributed by atoms with Gasteiger partial charge in [0, 0.05) is 12.4 Å². The number of nitrogens with zero attached hydrogens (tertiary/aromatic N) is 4. The largest absolute Gasteiger partial charge is 0.419 e. The number of nitrogens with one attached hydrogen (secondary N) is 1. The third-order valence-electron chi connectivity index (χ3n) is 5.80. The van der Waals surface area contributed by atoms with Crippen LogP contribution in [-0.2, 0) is 12.7 Å². The first-order valence-electron chi connectivity index (χ1n) is 10.4. The molecule has 0 spiro atoms. The molecule has 12 heteroatoms. The number of aliphatic hydroxyl groups is 2. The van der Waals surface area contributed by atoms with Gasteiger partial charge in [-0.05, 0) is 36.1 Å².